The lowest BCUT2D eigenvalue weighted by Crippen LogP contribution is -2.37. The molecule has 0 saturated carbocycles. The van der Waals surface area contributed by atoms with Gasteiger partial charge in [-0.1, -0.05) is 30.3 Å². The second-order valence-electron chi connectivity index (χ2n) is 6.33. The largest absolute Gasteiger partial charge is 0.495 e. The van der Waals surface area contributed by atoms with E-state index in [0.717, 1.165) is 24.1 Å². The molecule has 0 spiro atoms. The number of para-hydroxylation sites is 2. The minimum absolute atomic E-state index is 0.220. The fourth-order valence-corrected chi connectivity index (χ4v) is 3.40. The van der Waals surface area contributed by atoms with Gasteiger partial charge in [0.1, 0.15) is 11.4 Å². The summed E-state index contributed by atoms with van der Waals surface area (Å²) in [5, 5.41) is 4.32. The van der Waals surface area contributed by atoms with E-state index in [9.17, 15) is 9.59 Å². The van der Waals surface area contributed by atoms with Crippen LogP contribution in [-0.4, -0.2) is 29.3 Å². The minimum Gasteiger partial charge on any atom is -0.495 e. The molecule has 1 aliphatic rings. The Morgan fingerprint density at radius 1 is 1.04 bits per heavy atom. The standard InChI is InChI=1S/C21H19N3O3/c1-27-18-11-5-7-15-8-6-14-23(20(15)18)21(26)17-12-13-19(25)24(22-17)16-9-3-2-4-10-16/h2-5,7,9-13H,6,8,14H2,1H3. The van der Waals surface area contributed by atoms with Crippen LogP contribution >= 0.6 is 0 Å². The number of benzene rings is 2. The highest BCUT2D eigenvalue weighted by molar-refractivity contribution is 6.06. The first-order valence-corrected chi connectivity index (χ1v) is 8.82. The Morgan fingerprint density at radius 2 is 1.85 bits per heavy atom. The number of anilines is 1. The molecule has 6 nitrogen and oxygen atoms in total. The van der Waals surface area contributed by atoms with Gasteiger partial charge in [-0.3, -0.25) is 9.59 Å². The summed E-state index contributed by atoms with van der Waals surface area (Å²) in [6.45, 7) is 0.582. The van der Waals surface area contributed by atoms with Crippen LogP contribution in [0.3, 0.4) is 0 Å². The van der Waals surface area contributed by atoms with E-state index in [2.05, 4.69) is 5.10 Å². The maximum atomic E-state index is 13.2. The summed E-state index contributed by atoms with van der Waals surface area (Å²) >= 11 is 0. The molecular weight excluding hydrogens is 342 g/mol. The molecule has 2 aromatic carbocycles. The van der Waals surface area contributed by atoms with E-state index in [4.69, 9.17) is 4.74 Å². The van der Waals surface area contributed by atoms with Crippen LogP contribution in [0.25, 0.3) is 5.69 Å². The number of rotatable bonds is 3. The zero-order valence-corrected chi connectivity index (χ0v) is 15.0. The van der Waals surface area contributed by atoms with Gasteiger partial charge in [0.25, 0.3) is 11.5 Å². The minimum atomic E-state index is -0.283. The zero-order chi connectivity index (χ0) is 18.8. The van der Waals surface area contributed by atoms with Crippen molar-refractivity contribution in [3.63, 3.8) is 0 Å². The van der Waals surface area contributed by atoms with E-state index in [1.54, 1.807) is 24.1 Å². The molecule has 0 aliphatic carbocycles. The Bertz CT molecular complexity index is 1030. The molecule has 4 rings (SSSR count). The van der Waals surface area contributed by atoms with E-state index < -0.39 is 0 Å². The van der Waals surface area contributed by atoms with E-state index in [1.165, 1.54) is 16.8 Å². The van der Waals surface area contributed by atoms with E-state index in [-0.39, 0.29) is 17.2 Å². The second kappa shape index (κ2) is 7.07. The Balaban J connectivity index is 1.77. The van der Waals surface area contributed by atoms with Gasteiger partial charge in [0, 0.05) is 12.6 Å². The molecule has 2 heterocycles. The van der Waals surface area contributed by atoms with Gasteiger partial charge in [-0.25, -0.2) is 0 Å². The highest BCUT2D eigenvalue weighted by Gasteiger charge is 2.28. The molecule has 0 radical (unpaired) electrons. The van der Waals surface area contributed by atoms with Crippen LogP contribution in [0.2, 0.25) is 0 Å². The quantitative estimate of drug-likeness (QED) is 0.720. The maximum Gasteiger partial charge on any atom is 0.278 e. The summed E-state index contributed by atoms with van der Waals surface area (Å²) in [6, 6.07) is 17.7. The number of nitrogens with zero attached hydrogens (tertiary/aromatic N) is 3. The topological polar surface area (TPSA) is 64.4 Å². The number of aromatic nitrogens is 2. The number of hydrogen-bond donors (Lipinski definition) is 0. The fourth-order valence-electron chi connectivity index (χ4n) is 3.40. The summed E-state index contributed by atoms with van der Waals surface area (Å²) in [4.78, 5) is 27.1. The molecule has 3 aromatic rings. The molecule has 136 valence electrons. The molecule has 1 aromatic heterocycles. The lowest BCUT2D eigenvalue weighted by molar-refractivity contribution is 0.0978. The average Bonchev–Trinajstić information content (AvgIpc) is 2.73. The first-order chi connectivity index (χ1) is 13.2. The van der Waals surface area contributed by atoms with Crippen LogP contribution in [0.15, 0.2) is 65.5 Å². The molecule has 6 heteroatoms. The van der Waals surface area contributed by atoms with Gasteiger partial charge in [-0.15, -0.1) is 0 Å². The summed E-state index contributed by atoms with van der Waals surface area (Å²) in [7, 11) is 1.60. The highest BCUT2D eigenvalue weighted by Crippen LogP contribution is 2.36. The monoisotopic (exact) mass is 361 g/mol. The number of carbonyl (C=O) groups excluding carboxylic acids is 1. The molecule has 27 heavy (non-hydrogen) atoms. The van der Waals surface area contributed by atoms with E-state index in [1.807, 2.05) is 36.4 Å². The zero-order valence-electron chi connectivity index (χ0n) is 15.0. The van der Waals surface area contributed by atoms with Crippen molar-refractivity contribution in [3.8, 4) is 11.4 Å². The van der Waals surface area contributed by atoms with Gasteiger partial charge >= 0.3 is 0 Å². The van der Waals surface area contributed by atoms with Crippen LogP contribution in [0, 0.1) is 0 Å². The van der Waals surface area contributed by atoms with Crippen molar-refractivity contribution in [1.82, 2.24) is 9.78 Å². The number of amides is 1. The van der Waals surface area contributed by atoms with Crippen LogP contribution in [0.5, 0.6) is 5.75 Å². The number of aryl methyl sites for hydroxylation is 1. The number of hydrogen-bond acceptors (Lipinski definition) is 4. The molecule has 1 aliphatic heterocycles. The average molecular weight is 361 g/mol. The van der Waals surface area contributed by atoms with Gasteiger partial charge in [-0.2, -0.15) is 9.78 Å². The molecule has 1 amide bonds. The third-order valence-corrected chi connectivity index (χ3v) is 4.67. The highest BCUT2D eigenvalue weighted by atomic mass is 16.5. The van der Waals surface area contributed by atoms with Crippen molar-refractivity contribution in [2.75, 3.05) is 18.6 Å². The van der Waals surface area contributed by atoms with Crippen molar-refractivity contribution >= 4 is 11.6 Å². The van der Waals surface area contributed by atoms with Crippen molar-refractivity contribution in [2.24, 2.45) is 0 Å². The smallest absolute Gasteiger partial charge is 0.278 e. The number of ether oxygens (including phenoxy) is 1. The van der Waals surface area contributed by atoms with E-state index in [0.29, 0.717) is 18.0 Å². The molecule has 0 saturated heterocycles. The van der Waals surface area contributed by atoms with E-state index >= 15 is 0 Å². The number of methoxy groups -OCH3 is 1. The maximum absolute atomic E-state index is 13.2. The SMILES string of the molecule is COc1cccc2c1N(C(=O)c1ccc(=O)n(-c3ccccc3)n1)CCC2. The summed E-state index contributed by atoms with van der Waals surface area (Å²) < 4.78 is 6.72. The Morgan fingerprint density at radius 3 is 2.63 bits per heavy atom. The van der Waals surface area contributed by atoms with Gasteiger partial charge in [0.05, 0.1) is 18.5 Å². The van der Waals surface area contributed by atoms with Crippen molar-refractivity contribution in [3.05, 3.63) is 82.3 Å². The molecular formula is C21H19N3O3. The summed E-state index contributed by atoms with van der Waals surface area (Å²) in [5.41, 5.74) is 2.42. The Labute approximate surface area is 156 Å². The Hall–Kier alpha value is -3.41. The normalized spacial score (nSPS) is 13.1. The first-order valence-electron chi connectivity index (χ1n) is 8.82. The summed E-state index contributed by atoms with van der Waals surface area (Å²) in [6.07, 6.45) is 1.76. The lowest BCUT2D eigenvalue weighted by Gasteiger charge is -2.30. The van der Waals surface area contributed by atoms with Crippen molar-refractivity contribution < 1.29 is 9.53 Å². The predicted molar refractivity (Wildman–Crippen MR) is 103 cm³/mol. The van der Waals surface area contributed by atoms with Crippen LogP contribution < -0.4 is 15.2 Å². The van der Waals surface area contributed by atoms with Crippen molar-refractivity contribution in [1.29, 1.82) is 0 Å². The van der Waals surface area contributed by atoms with Crippen molar-refractivity contribution in [2.45, 2.75) is 12.8 Å². The molecule has 0 N–H and O–H groups in total. The fraction of sp³-hybridized carbons (Fsp3) is 0.190. The van der Waals surface area contributed by atoms with Gasteiger partial charge in [0.2, 0.25) is 0 Å². The number of fused-ring (bicyclic) bond motifs is 1. The van der Waals surface area contributed by atoms with Gasteiger partial charge < -0.3 is 9.64 Å². The van der Waals surface area contributed by atoms with Crippen LogP contribution in [0.4, 0.5) is 5.69 Å². The third kappa shape index (κ3) is 3.10. The lowest BCUT2D eigenvalue weighted by atomic mass is 10.0. The van der Waals surface area contributed by atoms with Gasteiger partial charge in [-0.05, 0) is 42.7 Å². The Kier molecular flexibility index (Phi) is 4.46. The molecule has 0 fully saturated rings. The third-order valence-electron chi connectivity index (χ3n) is 4.67. The number of carbonyl (C=O) groups is 1. The van der Waals surface area contributed by atoms with Crippen LogP contribution in [0.1, 0.15) is 22.5 Å². The molecule has 0 bridgehead atoms. The van der Waals surface area contributed by atoms with Gasteiger partial charge in [0.15, 0.2) is 0 Å². The summed E-state index contributed by atoms with van der Waals surface area (Å²) in [5.74, 6) is 0.419. The second-order valence-corrected chi connectivity index (χ2v) is 6.33. The molecule has 0 atom stereocenters. The molecule has 0 unspecified atom stereocenters. The predicted octanol–water partition coefficient (Wildman–Crippen LogP) is 2.83. The van der Waals surface area contributed by atoms with Crippen LogP contribution in [-0.2, 0) is 6.42 Å². The first kappa shape index (κ1) is 17.0.